The molecule has 0 saturated carbocycles. The highest BCUT2D eigenvalue weighted by Gasteiger charge is 2.19. The molecular formula is C17H23NO4. The molecule has 1 aliphatic rings. The van der Waals surface area contributed by atoms with Crippen molar-refractivity contribution in [1.82, 2.24) is 5.32 Å². The van der Waals surface area contributed by atoms with Gasteiger partial charge >= 0.3 is 0 Å². The Labute approximate surface area is 131 Å². The van der Waals surface area contributed by atoms with Gasteiger partial charge in [-0.3, -0.25) is 4.79 Å². The summed E-state index contributed by atoms with van der Waals surface area (Å²) >= 11 is 0. The van der Waals surface area contributed by atoms with Gasteiger partial charge in [-0.15, -0.1) is 0 Å². The molecule has 0 bridgehead atoms. The van der Waals surface area contributed by atoms with E-state index >= 15 is 0 Å². The van der Waals surface area contributed by atoms with Gasteiger partial charge < -0.3 is 19.5 Å². The van der Waals surface area contributed by atoms with E-state index in [0.29, 0.717) is 23.8 Å². The molecule has 1 N–H and O–H groups in total. The maximum absolute atomic E-state index is 12.2. The van der Waals surface area contributed by atoms with Crippen LogP contribution in [0.5, 0.6) is 17.2 Å². The minimum Gasteiger partial charge on any atom is -0.496 e. The van der Waals surface area contributed by atoms with Crippen molar-refractivity contribution in [2.24, 2.45) is 5.92 Å². The third-order valence-corrected chi connectivity index (χ3v) is 3.88. The van der Waals surface area contributed by atoms with Crippen LogP contribution < -0.4 is 19.5 Å². The van der Waals surface area contributed by atoms with Crippen LogP contribution in [-0.2, 0) is 11.3 Å². The van der Waals surface area contributed by atoms with Crippen LogP contribution in [0.4, 0.5) is 0 Å². The van der Waals surface area contributed by atoms with Gasteiger partial charge in [0.05, 0.1) is 21.3 Å². The second kappa shape index (κ2) is 7.73. The molecule has 0 spiro atoms. The number of rotatable bonds is 6. The maximum atomic E-state index is 12.2. The highest BCUT2D eigenvalue weighted by molar-refractivity contribution is 5.79. The van der Waals surface area contributed by atoms with Gasteiger partial charge in [-0.1, -0.05) is 12.2 Å². The zero-order chi connectivity index (χ0) is 15.9. The SMILES string of the molecule is COc1cc(OC)c(OC)cc1CNC(=O)C1CC=CCC1. The summed E-state index contributed by atoms with van der Waals surface area (Å²) in [5, 5.41) is 2.98. The molecule has 0 radical (unpaired) electrons. The predicted octanol–water partition coefficient (Wildman–Crippen LogP) is 2.68. The van der Waals surface area contributed by atoms with E-state index in [4.69, 9.17) is 14.2 Å². The standard InChI is InChI=1S/C17H23NO4/c1-20-14-10-16(22-3)15(21-2)9-13(14)11-18-17(19)12-7-5-4-6-8-12/h4-5,9-10,12H,6-8,11H2,1-3H3,(H,18,19). The molecular weight excluding hydrogens is 282 g/mol. The molecule has 0 aliphatic heterocycles. The lowest BCUT2D eigenvalue weighted by Crippen LogP contribution is -2.30. The van der Waals surface area contributed by atoms with E-state index in [-0.39, 0.29) is 11.8 Å². The fourth-order valence-corrected chi connectivity index (χ4v) is 2.59. The number of hydrogen-bond acceptors (Lipinski definition) is 4. The van der Waals surface area contributed by atoms with Crippen LogP contribution in [0.25, 0.3) is 0 Å². The molecule has 0 fully saturated rings. The van der Waals surface area contributed by atoms with E-state index in [1.807, 2.05) is 6.07 Å². The zero-order valence-electron chi connectivity index (χ0n) is 13.3. The van der Waals surface area contributed by atoms with Crippen LogP contribution >= 0.6 is 0 Å². The van der Waals surface area contributed by atoms with Gasteiger partial charge in [0.15, 0.2) is 11.5 Å². The van der Waals surface area contributed by atoms with E-state index in [1.165, 1.54) is 0 Å². The molecule has 0 saturated heterocycles. The third kappa shape index (κ3) is 3.72. The Bertz CT molecular complexity index is 554. The van der Waals surface area contributed by atoms with Crippen LogP contribution in [0.2, 0.25) is 0 Å². The Balaban J connectivity index is 2.08. The van der Waals surface area contributed by atoms with Crippen molar-refractivity contribution in [3.63, 3.8) is 0 Å². The molecule has 1 amide bonds. The van der Waals surface area contributed by atoms with Gasteiger partial charge in [-0.2, -0.15) is 0 Å². The van der Waals surface area contributed by atoms with E-state index in [2.05, 4.69) is 17.5 Å². The second-order valence-corrected chi connectivity index (χ2v) is 5.22. The number of allylic oxidation sites excluding steroid dienone is 2. The zero-order valence-corrected chi connectivity index (χ0v) is 13.3. The average molecular weight is 305 g/mol. The summed E-state index contributed by atoms with van der Waals surface area (Å²) in [7, 11) is 4.76. The molecule has 2 rings (SSSR count). The van der Waals surface area contributed by atoms with Crippen molar-refractivity contribution >= 4 is 5.91 Å². The van der Waals surface area contributed by atoms with Crippen LogP contribution in [0, 0.1) is 5.92 Å². The minimum absolute atomic E-state index is 0.0659. The van der Waals surface area contributed by atoms with E-state index < -0.39 is 0 Å². The van der Waals surface area contributed by atoms with Gasteiger partial charge in [0.25, 0.3) is 0 Å². The Morgan fingerprint density at radius 2 is 1.77 bits per heavy atom. The van der Waals surface area contributed by atoms with Crippen LogP contribution in [0.3, 0.4) is 0 Å². The van der Waals surface area contributed by atoms with Gasteiger partial charge in [-0.25, -0.2) is 0 Å². The molecule has 0 aromatic heterocycles. The van der Waals surface area contributed by atoms with Crippen LogP contribution in [-0.4, -0.2) is 27.2 Å². The topological polar surface area (TPSA) is 56.8 Å². The number of ether oxygens (including phenoxy) is 3. The molecule has 5 nitrogen and oxygen atoms in total. The Hall–Kier alpha value is -2.17. The highest BCUT2D eigenvalue weighted by atomic mass is 16.5. The van der Waals surface area contributed by atoms with Crippen molar-refractivity contribution in [3.05, 3.63) is 29.8 Å². The molecule has 120 valence electrons. The predicted molar refractivity (Wildman–Crippen MR) is 84.4 cm³/mol. The highest BCUT2D eigenvalue weighted by Crippen LogP contribution is 2.34. The number of nitrogens with one attached hydrogen (secondary N) is 1. The van der Waals surface area contributed by atoms with Crippen LogP contribution in [0.15, 0.2) is 24.3 Å². The Kier molecular flexibility index (Phi) is 5.69. The summed E-state index contributed by atoms with van der Waals surface area (Å²) in [6.07, 6.45) is 6.89. The number of carbonyl (C=O) groups excluding carboxylic acids is 1. The fraction of sp³-hybridized carbons (Fsp3) is 0.471. The molecule has 5 heteroatoms. The fourth-order valence-electron chi connectivity index (χ4n) is 2.59. The lowest BCUT2D eigenvalue weighted by Gasteiger charge is -2.18. The summed E-state index contributed by atoms with van der Waals surface area (Å²) in [4.78, 5) is 12.2. The summed E-state index contributed by atoms with van der Waals surface area (Å²) in [5.74, 6) is 2.04. The van der Waals surface area contributed by atoms with Crippen molar-refractivity contribution in [3.8, 4) is 17.2 Å². The molecule has 1 aliphatic carbocycles. The molecule has 22 heavy (non-hydrogen) atoms. The first-order chi connectivity index (χ1) is 10.7. The van der Waals surface area contributed by atoms with Gasteiger partial charge in [-0.05, 0) is 25.3 Å². The van der Waals surface area contributed by atoms with E-state index in [9.17, 15) is 4.79 Å². The number of methoxy groups -OCH3 is 3. The average Bonchev–Trinajstić information content (AvgIpc) is 2.59. The molecule has 1 atom stereocenters. The van der Waals surface area contributed by atoms with Crippen molar-refractivity contribution in [2.75, 3.05) is 21.3 Å². The lowest BCUT2D eigenvalue weighted by atomic mass is 9.93. The first-order valence-electron chi connectivity index (χ1n) is 7.41. The van der Waals surface area contributed by atoms with Crippen molar-refractivity contribution < 1.29 is 19.0 Å². The second-order valence-electron chi connectivity index (χ2n) is 5.22. The molecule has 1 unspecified atom stereocenters. The summed E-state index contributed by atoms with van der Waals surface area (Å²) in [6.45, 7) is 0.405. The normalized spacial score (nSPS) is 17.0. The summed E-state index contributed by atoms with van der Waals surface area (Å²) in [6, 6.07) is 3.60. The molecule has 1 aromatic rings. The van der Waals surface area contributed by atoms with Crippen molar-refractivity contribution in [2.45, 2.75) is 25.8 Å². The van der Waals surface area contributed by atoms with Gasteiger partial charge in [0.1, 0.15) is 5.75 Å². The smallest absolute Gasteiger partial charge is 0.223 e. The molecule has 0 heterocycles. The lowest BCUT2D eigenvalue weighted by molar-refractivity contribution is -0.125. The summed E-state index contributed by atoms with van der Waals surface area (Å²) < 4.78 is 15.9. The first-order valence-corrected chi connectivity index (χ1v) is 7.41. The quantitative estimate of drug-likeness (QED) is 0.821. The number of amides is 1. The largest absolute Gasteiger partial charge is 0.496 e. The Morgan fingerprint density at radius 1 is 1.09 bits per heavy atom. The number of hydrogen-bond donors (Lipinski definition) is 1. The monoisotopic (exact) mass is 305 g/mol. The third-order valence-electron chi connectivity index (χ3n) is 3.88. The first kappa shape index (κ1) is 16.2. The number of carbonyl (C=O) groups is 1. The minimum atomic E-state index is 0.0659. The van der Waals surface area contributed by atoms with E-state index in [0.717, 1.165) is 24.8 Å². The van der Waals surface area contributed by atoms with E-state index in [1.54, 1.807) is 27.4 Å². The Morgan fingerprint density at radius 3 is 2.36 bits per heavy atom. The number of benzene rings is 1. The summed E-state index contributed by atoms with van der Waals surface area (Å²) in [5.41, 5.74) is 0.861. The van der Waals surface area contributed by atoms with Crippen molar-refractivity contribution in [1.29, 1.82) is 0 Å². The van der Waals surface area contributed by atoms with Crippen LogP contribution in [0.1, 0.15) is 24.8 Å². The maximum Gasteiger partial charge on any atom is 0.223 e. The molecule has 1 aromatic carbocycles. The van der Waals surface area contributed by atoms with Gasteiger partial charge in [0, 0.05) is 24.1 Å². The van der Waals surface area contributed by atoms with Gasteiger partial charge in [0.2, 0.25) is 5.91 Å².